The third kappa shape index (κ3) is 2.29. The number of nitrogens with one attached hydrogen (secondary N) is 1. The molecule has 19 heavy (non-hydrogen) atoms. The zero-order chi connectivity index (χ0) is 13.5. The highest BCUT2D eigenvalue weighted by Crippen LogP contribution is 2.39. The molecule has 0 aliphatic carbocycles. The Bertz CT molecular complexity index is 486. The van der Waals surface area contributed by atoms with Crippen LogP contribution in [0.15, 0.2) is 10.5 Å². The molecule has 1 aromatic rings. The minimum absolute atomic E-state index is 0.143. The molecule has 0 radical (unpaired) electrons. The minimum Gasteiger partial charge on any atom is -0.466 e. The fourth-order valence-corrected chi connectivity index (χ4v) is 3.49. The van der Waals surface area contributed by atoms with Crippen LogP contribution in [0.4, 0.5) is 0 Å². The lowest BCUT2D eigenvalue weighted by atomic mass is 9.78. The molecule has 0 saturated carbocycles. The summed E-state index contributed by atoms with van der Waals surface area (Å²) in [5, 5.41) is 3.41. The van der Waals surface area contributed by atoms with Crippen LogP contribution in [-0.2, 0) is 0 Å². The van der Waals surface area contributed by atoms with E-state index in [4.69, 9.17) is 4.42 Å². The van der Waals surface area contributed by atoms with E-state index in [0.29, 0.717) is 5.41 Å². The Hall–Kier alpha value is -1.29. The summed E-state index contributed by atoms with van der Waals surface area (Å²) in [5.41, 5.74) is 1.11. The Balaban J connectivity index is 1.74. The predicted octanol–water partition coefficient (Wildman–Crippen LogP) is 2.11. The molecule has 0 unspecified atom stereocenters. The molecule has 1 spiro atoms. The first kappa shape index (κ1) is 12.7. The number of furan rings is 1. The minimum atomic E-state index is 0.143. The lowest BCUT2D eigenvalue weighted by molar-refractivity contribution is 0.0760. The first-order valence-corrected chi connectivity index (χ1v) is 7.17. The molecule has 3 rings (SSSR count). The average molecular weight is 262 g/mol. The molecule has 4 nitrogen and oxygen atoms in total. The number of hydrogen-bond donors (Lipinski definition) is 1. The Morgan fingerprint density at radius 1 is 1.32 bits per heavy atom. The van der Waals surface area contributed by atoms with Crippen LogP contribution in [0.25, 0.3) is 0 Å². The van der Waals surface area contributed by atoms with Crippen molar-refractivity contribution >= 4 is 5.91 Å². The van der Waals surface area contributed by atoms with Crippen molar-refractivity contribution in [3.63, 3.8) is 0 Å². The Kier molecular flexibility index (Phi) is 3.13. The smallest absolute Gasteiger partial charge is 0.257 e. The third-order valence-electron chi connectivity index (χ3n) is 4.66. The maximum absolute atomic E-state index is 12.6. The normalized spacial score (nSPS) is 22.1. The molecule has 0 atom stereocenters. The molecule has 2 fully saturated rings. The van der Waals surface area contributed by atoms with Crippen molar-refractivity contribution in [2.45, 2.75) is 33.1 Å². The molecule has 104 valence electrons. The summed E-state index contributed by atoms with van der Waals surface area (Å²) in [4.78, 5) is 14.6. The number of nitrogens with zero attached hydrogens (tertiary/aromatic N) is 1. The fourth-order valence-electron chi connectivity index (χ4n) is 3.49. The summed E-state index contributed by atoms with van der Waals surface area (Å²) in [6, 6.07) is 1.87. The molecule has 1 N–H and O–H groups in total. The van der Waals surface area contributed by atoms with Crippen LogP contribution in [0, 0.1) is 19.3 Å². The van der Waals surface area contributed by atoms with Gasteiger partial charge < -0.3 is 14.6 Å². The van der Waals surface area contributed by atoms with Crippen molar-refractivity contribution in [2.75, 3.05) is 26.2 Å². The topological polar surface area (TPSA) is 45.5 Å². The quantitative estimate of drug-likeness (QED) is 0.843. The predicted molar refractivity (Wildman–Crippen MR) is 73.2 cm³/mol. The highest BCUT2D eigenvalue weighted by molar-refractivity contribution is 5.95. The van der Waals surface area contributed by atoms with Gasteiger partial charge in [0.25, 0.3) is 5.91 Å². The van der Waals surface area contributed by atoms with Crippen LogP contribution in [0.1, 0.15) is 41.1 Å². The van der Waals surface area contributed by atoms with Gasteiger partial charge in [-0.2, -0.15) is 0 Å². The van der Waals surface area contributed by atoms with Crippen molar-refractivity contribution in [3.05, 3.63) is 23.2 Å². The third-order valence-corrected chi connectivity index (χ3v) is 4.66. The van der Waals surface area contributed by atoms with Gasteiger partial charge in [-0.1, -0.05) is 0 Å². The molecule has 4 heteroatoms. The molecule has 0 aromatic carbocycles. The van der Waals surface area contributed by atoms with E-state index in [2.05, 4.69) is 5.32 Å². The van der Waals surface area contributed by atoms with E-state index in [1.807, 2.05) is 24.8 Å². The summed E-state index contributed by atoms with van der Waals surface area (Å²) < 4.78 is 5.47. The lowest BCUT2D eigenvalue weighted by Gasteiger charge is -2.33. The average Bonchev–Trinajstić information content (AvgIpc) is 2.94. The van der Waals surface area contributed by atoms with E-state index in [9.17, 15) is 4.79 Å². The highest BCUT2D eigenvalue weighted by Gasteiger charge is 2.41. The number of aryl methyl sites for hydroxylation is 2. The van der Waals surface area contributed by atoms with Crippen molar-refractivity contribution in [3.8, 4) is 0 Å². The Labute approximate surface area is 114 Å². The second-order valence-corrected chi connectivity index (χ2v) is 6.05. The SMILES string of the molecule is Cc1cc(C(=O)N2CCC3(CCNCC3)C2)c(C)o1. The van der Waals surface area contributed by atoms with Crippen LogP contribution in [0.3, 0.4) is 0 Å². The summed E-state index contributed by atoms with van der Waals surface area (Å²) in [6.45, 7) is 7.75. The van der Waals surface area contributed by atoms with E-state index >= 15 is 0 Å². The summed E-state index contributed by atoms with van der Waals surface area (Å²) in [7, 11) is 0. The van der Waals surface area contributed by atoms with Crippen molar-refractivity contribution in [1.29, 1.82) is 0 Å². The van der Waals surface area contributed by atoms with Crippen molar-refractivity contribution in [2.24, 2.45) is 5.41 Å². The maximum Gasteiger partial charge on any atom is 0.257 e. The monoisotopic (exact) mass is 262 g/mol. The van der Waals surface area contributed by atoms with Crippen LogP contribution in [0.5, 0.6) is 0 Å². The van der Waals surface area contributed by atoms with Gasteiger partial charge in [-0.15, -0.1) is 0 Å². The molecule has 0 bridgehead atoms. The molecule has 1 amide bonds. The van der Waals surface area contributed by atoms with E-state index < -0.39 is 0 Å². The molecule has 2 aliphatic heterocycles. The second kappa shape index (κ2) is 4.67. The van der Waals surface area contributed by atoms with Gasteiger partial charge in [0.05, 0.1) is 5.56 Å². The first-order chi connectivity index (χ1) is 9.10. The van der Waals surface area contributed by atoms with Crippen LogP contribution < -0.4 is 5.32 Å². The largest absolute Gasteiger partial charge is 0.466 e. The molecular formula is C15H22N2O2. The number of piperidine rings is 1. The van der Waals surface area contributed by atoms with Gasteiger partial charge in [0, 0.05) is 13.1 Å². The van der Waals surface area contributed by atoms with E-state index in [1.165, 1.54) is 12.8 Å². The van der Waals surface area contributed by atoms with Crippen LogP contribution >= 0.6 is 0 Å². The van der Waals surface area contributed by atoms with Gasteiger partial charge in [0.15, 0.2) is 0 Å². The summed E-state index contributed by atoms with van der Waals surface area (Å²) in [5.74, 6) is 1.70. The lowest BCUT2D eigenvalue weighted by Crippen LogP contribution is -2.39. The molecule has 3 heterocycles. The second-order valence-electron chi connectivity index (χ2n) is 6.05. The van der Waals surface area contributed by atoms with Gasteiger partial charge in [-0.3, -0.25) is 4.79 Å². The summed E-state index contributed by atoms with van der Waals surface area (Å²) in [6.07, 6.45) is 3.54. The van der Waals surface area contributed by atoms with Crippen LogP contribution in [-0.4, -0.2) is 37.0 Å². The zero-order valence-electron chi connectivity index (χ0n) is 11.8. The number of carbonyl (C=O) groups excluding carboxylic acids is 1. The van der Waals surface area contributed by atoms with Crippen LogP contribution in [0.2, 0.25) is 0 Å². The van der Waals surface area contributed by atoms with Crippen molar-refractivity contribution < 1.29 is 9.21 Å². The van der Waals surface area contributed by atoms with E-state index in [-0.39, 0.29) is 5.91 Å². The van der Waals surface area contributed by atoms with Gasteiger partial charge in [-0.05, 0) is 57.7 Å². The highest BCUT2D eigenvalue weighted by atomic mass is 16.3. The molecular weight excluding hydrogens is 240 g/mol. The van der Waals surface area contributed by atoms with Gasteiger partial charge >= 0.3 is 0 Å². The fraction of sp³-hybridized carbons (Fsp3) is 0.667. The summed E-state index contributed by atoms with van der Waals surface area (Å²) >= 11 is 0. The molecule has 1 aromatic heterocycles. The van der Waals surface area contributed by atoms with Gasteiger partial charge in [-0.25, -0.2) is 0 Å². The van der Waals surface area contributed by atoms with E-state index in [1.54, 1.807) is 0 Å². The number of likely N-dealkylation sites (tertiary alicyclic amines) is 1. The molecule has 2 aliphatic rings. The molecule has 2 saturated heterocycles. The van der Waals surface area contributed by atoms with E-state index in [0.717, 1.165) is 49.7 Å². The van der Waals surface area contributed by atoms with Crippen molar-refractivity contribution in [1.82, 2.24) is 10.2 Å². The first-order valence-electron chi connectivity index (χ1n) is 7.17. The number of hydrogen-bond acceptors (Lipinski definition) is 3. The zero-order valence-corrected chi connectivity index (χ0v) is 11.8. The number of amides is 1. The number of carbonyl (C=O) groups is 1. The number of rotatable bonds is 1. The standard InChI is InChI=1S/C15H22N2O2/c1-11-9-13(12(2)19-11)14(18)17-8-5-15(10-17)3-6-16-7-4-15/h9,16H,3-8,10H2,1-2H3. The maximum atomic E-state index is 12.6. The Morgan fingerprint density at radius 3 is 2.68 bits per heavy atom. The Morgan fingerprint density at radius 2 is 2.05 bits per heavy atom. The van der Waals surface area contributed by atoms with Gasteiger partial charge in [0.1, 0.15) is 11.5 Å². The van der Waals surface area contributed by atoms with Gasteiger partial charge in [0.2, 0.25) is 0 Å².